The van der Waals surface area contributed by atoms with E-state index < -0.39 is 0 Å². The van der Waals surface area contributed by atoms with Gasteiger partial charge in [0.15, 0.2) is 0 Å². The van der Waals surface area contributed by atoms with Crippen molar-refractivity contribution >= 4 is 17.7 Å². The summed E-state index contributed by atoms with van der Waals surface area (Å²) in [6.45, 7) is 4.40. The van der Waals surface area contributed by atoms with Gasteiger partial charge in [0.25, 0.3) is 0 Å². The first-order valence-electron chi connectivity index (χ1n) is 4.65. The normalized spacial score (nSPS) is 12.5. The van der Waals surface area contributed by atoms with Crippen LogP contribution < -0.4 is 0 Å². The SMILES string of the molecule is CCOC(=O)C(CC)SCCCO. The van der Waals surface area contributed by atoms with Crippen molar-refractivity contribution in [3.63, 3.8) is 0 Å². The number of esters is 1. The Hall–Kier alpha value is -0.220. The summed E-state index contributed by atoms with van der Waals surface area (Å²) in [5.74, 6) is 0.682. The molecule has 0 aliphatic carbocycles. The van der Waals surface area contributed by atoms with Gasteiger partial charge in [-0.05, 0) is 25.5 Å². The van der Waals surface area contributed by atoms with Gasteiger partial charge >= 0.3 is 5.97 Å². The molecule has 13 heavy (non-hydrogen) atoms. The first-order valence-corrected chi connectivity index (χ1v) is 5.70. The Labute approximate surface area is 83.9 Å². The fourth-order valence-electron chi connectivity index (χ4n) is 0.878. The molecule has 1 N–H and O–H groups in total. The third kappa shape index (κ3) is 5.93. The van der Waals surface area contributed by atoms with E-state index in [1.807, 2.05) is 13.8 Å². The zero-order valence-electron chi connectivity index (χ0n) is 8.28. The van der Waals surface area contributed by atoms with Gasteiger partial charge in [-0.3, -0.25) is 4.79 Å². The molecule has 4 heteroatoms. The largest absolute Gasteiger partial charge is 0.465 e. The fourth-order valence-corrected chi connectivity index (χ4v) is 1.90. The van der Waals surface area contributed by atoms with Crippen LogP contribution in [0.1, 0.15) is 26.7 Å². The third-order valence-corrected chi connectivity index (χ3v) is 2.99. The van der Waals surface area contributed by atoms with Crippen LogP contribution in [-0.2, 0) is 9.53 Å². The molecular weight excluding hydrogens is 188 g/mol. The van der Waals surface area contributed by atoms with Gasteiger partial charge in [-0.15, -0.1) is 11.8 Å². The molecule has 0 saturated heterocycles. The van der Waals surface area contributed by atoms with E-state index in [2.05, 4.69) is 0 Å². The van der Waals surface area contributed by atoms with Crippen LogP contribution in [0.4, 0.5) is 0 Å². The van der Waals surface area contributed by atoms with Crippen molar-refractivity contribution in [3.05, 3.63) is 0 Å². The number of thioether (sulfide) groups is 1. The van der Waals surface area contributed by atoms with Gasteiger partial charge in [0, 0.05) is 6.61 Å². The molecule has 0 aromatic heterocycles. The maximum atomic E-state index is 11.3. The number of ether oxygens (including phenoxy) is 1. The second kappa shape index (κ2) is 8.38. The van der Waals surface area contributed by atoms with E-state index in [1.54, 1.807) is 11.8 Å². The number of aliphatic hydroxyl groups is 1. The summed E-state index contributed by atoms with van der Waals surface area (Å²) < 4.78 is 4.90. The molecule has 0 aromatic carbocycles. The number of hydrogen-bond acceptors (Lipinski definition) is 4. The Bertz CT molecular complexity index is 139. The lowest BCUT2D eigenvalue weighted by Gasteiger charge is -2.12. The molecule has 0 saturated carbocycles. The molecule has 1 atom stereocenters. The molecule has 0 radical (unpaired) electrons. The Balaban J connectivity index is 3.67. The topological polar surface area (TPSA) is 46.5 Å². The van der Waals surface area contributed by atoms with Gasteiger partial charge in [0.05, 0.1) is 6.61 Å². The second-order valence-electron chi connectivity index (χ2n) is 2.60. The summed E-state index contributed by atoms with van der Waals surface area (Å²) in [4.78, 5) is 11.3. The Morgan fingerprint density at radius 3 is 2.69 bits per heavy atom. The molecule has 3 nitrogen and oxygen atoms in total. The lowest BCUT2D eigenvalue weighted by Crippen LogP contribution is -2.20. The minimum Gasteiger partial charge on any atom is -0.465 e. The highest BCUT2D eigenvalue weighted by atomic mass is 32.2. The van der Waals surface area contributed by atoms with E-state index in [9.17, 15) is 4.79 Å². The summed E-state index contributed by atoms with van der Waals surface area (Å²) in [6.07, 6.45) is 1.52. The molecular formula is C9H18O3S. The molecule has 0 aliphatic heterocycles. The summed E-state index contributed by atoms with van der Waals surface area (Å²) in [5, 5.41) is 8.50. The zero-order valence-corrected chi connectivity index (χ0v) is 9.10. The van der Waals surface area contributed by atoms with Crippen LogP contribution in [0.15, 0.2) is 0 Å². The minimum atomic E-state index is -0.132. The van der Waals surface area contributed by atoms with Crippen LogP contribution in [0.5, 0.6) is 0 Å². The maximum absolute atomic E-state index is 11.3. The molecule has 78 valence electrons. The average molecular weight is 206 g/mol. The van der Waals surface area contributed by atoms with Gasteiger partial charge < -0.3 is 9.84 Å². The summed E-state index contributed by atoms with van der Waals surface area (Å²) >= 11 is 1.56. The van der Waals surface area contributed by atoms with Crippen molar-refractivity contribution in [2.75, 3.05) is 19.0 Å². The van der Waals surface area contributed by atoms with E-state index in [-0.39, 0.29) is 17.8 Å². The molecule has 0 aliphatic rings. The van der Waals surface area contributed by atoms with Crippen LogP contribution >= 0.6 is 11.8 Å². The molecule has 0 aromatic rings. The lowest BCUT2D eigenvalue weighted by molar-refractivity contribution is -0.142. The predicted molar refractivity (Wildman–Crippen MR) is 54.9 cm³/mol. The smallest absolute Gasteiger partial charge is 0.319 e. The predicted octanol–water partition coefficient (Wildman–Crippen LogP) is 1.44. The summed E-state index contributed by atoms with van der Waals surface area (Å²) in [5.41, 5.74) is 0. The quantitative estimate of drug-likeness (QED) is 0.506. The van der Waals surface area contributed by atoms with Gasteiger partial charge in [-0.25, -0.2) is 0 Å². The van der Waals surface area contributed by atoms with E-state index >= 15 is 0 Å². The first kappa shape index (κ1) is 12.8. The van der Waals surface area contributed by atoms with Gasteiger partial charge in [0.1, 0.15) is 5.25 Å². The molecule has 0 amide bonds. The molecule has 0 fully saturated rings. The highest BCUT2D eigenvalue weighted by Crippen LogP contribution is 2.16. The van der Waals surface area contributed by atoms with Crippen LogP contribution in [-0.4, -0.2) is 35.3 Å². The van der Waals surface area contributed by atoms with Gasteiger partial charge in [0.2, 0.25) is 0 Å². The first-order chi connectivity index (χ1) is 6.26. The number of rotatable bonds is 7. The van der Waals surface area contributed by atoms with Gasteiger partial charge in [-0.2, -0.15) is 0 Å². The highest BCUT2D eigenvalue weighted by molar-refractivity contribution is 8.00. The van der Waals surface area contributed by atoms with Crippen LogP contribution in [0.3, 0.4) is 0 Å². The zero-order chi connectivity index (χ0) is 10.1. The average Bonchev–Trinajstić information content (AvgIpc) is 2.13. The number of carbonyl (C=O) groups excluding carboxylic acids is 1. The van der Waals surface area contributed by atoms with Crippen molar-refractivity contribution in [1.29, 1.82) is 0 Å². The van der Waals surface area contributed by atoms with Crippen molar-refractivity contribution in [3.8, 4) is 0 Å². The molecule has 1 unspecified atom stereocenters. The molecule has 0 bridgehead atoms. The molecule has 0 spiro atoms. The third-order valence-electron chi connectivity index (χ3n) is 1.54. The van der Waals surface area contributed by atoms with E-state index in [1.165, 1.54) is 0 Å². The number of aliphatic hydroxyl groups excluding tert-OH is 1. The van der Waals surface area contributed by atoms with E-state index in [0.29, 0.717) is 6.61 Å². The highest BCUT2D eigenvalue weighted by Gasteiger charge is 2.17. The fraction of sp³-hybridized carbons (Fsp3) is 0.889. The summed E-state index contributed by atoms with van der Waals surface area (Å²) in [6, 6.07) is 0. The monoisotopic (exact) mass is 206 g/mol. The minimum absolute atomic E-state index is 0.0634. The van der Waals surface area contributed by atoms with Crippen LogP contribution in [0.25, 0.3) is 0 Å². The Morgan fingerprint density at radius 1 is 1.54 bits per heavy atom. The van der Waals surface area contributed by atoms with E-state index in [0.717, 1.165) is 18.6 Å². The van der Waals surface area contributed by atoms with Crippen molar-refractivity contribution in [2.45, 2.75) is 31.9 Å². The van der Waals surface area contributed by atoms with Gasteiger partial charge in [-0.1, -0.05) is 6.92 Å². The molecule has 0 rings (SSSR count). The molecule has 0 heterocycles. The summed E-state index contributed by atoms with van der Waals surface area (Å²) in [7, 11) is 0. The van der Waals surface area contributed by atoms with E-state index in [4.69, 9.17) is 9.84 Å². The number of hydrogen-bond donors (Lipinski definition) is 1. The lowest BCUT2D eigenvalue weighted by atomic mass is 10.3. The van der Waals surface area contributed by atoms with Crippen molar-refractivity contribution < 1.29 is 14.6 Å². The van der Waals surface area contributed by atoms with Crippen LogP contribution in [0.2, 0.25) is 0 Å². The second-order valence-corrected chi connectivity index (χ2v) is 3.91. The van der Waals surface area contributed by atoms with Crippen LogP contribution in [0, 0.1) is 0 Å². The number of carbonyl (C=O) groups is 1. The standard InChI is InChI=1S/C9H18O3S/c1-3-8(9(11)12-4-2)13-7-5-6-10/h8,10H,3-7H2,1-2H3. The Morgan fingerprint density at radius 2 is 2.23 bits per heavy atom. The maximum Gasteiger partial charge on any atom is 0.319 e. The Kier molecular flexibility index (Phi) is 8.24. The van der Waals surface area contributed by atoms with Crippen molar-refractivity contribution in [2.24, 2.45) is 0 Å². The van der Waals surface area contributed by atoms with Crippen molar-refractivity contribution in [1.82, 2.24) is 0 Å².